The monoisotopic (exact) mass is 210 g/mol. The van der Waals surface area contributed by atoms with Crippen LogP contribution in [0.15, 0.2) is 42.9 Å². The summed E-state index contributed by atoms with van der Waals surface area (Å²) in [7, 11) is 0. The van der Waals surface area contributed by atoms with Crippen molar-refractivity contribution in [3.63, 3.8) is 0 Å². The van der Waals surface area contributed by atoms with Crippen LogP contribution in [0.2, 0.25) is 0 Å². The van der Waals surface area contributed by atoms with E-state index < -0.39 is 0 Å². The number of benzene rings is 1. The highest BCUT2D eigenvalue weighted by Crippen LogP contribution is 2.19. The summed E-state index contributed by atoms with van der Waals surface area (Å²) in [6.45, 7) is 1.95. The molecule has 16 heavy (non-hydrogen) atoms. The number of hydrogen-bond donors (Lipinski definition) is 0. The standard InChI is InChI=1S/C12H10N4/c1-9-13-6-7-16(9)12-11-5-3-2-4-10(11)8-14-15-12/h2-8H,1H3. The molecule has 0 saturated carbocycles. The Morgan fingerprint density at radius 2 is 2.06 bits per heavy atom. The molecule has 0 aliphatic carbocycles. The zero-order valence-electron chi connectivity index (χ0n) is 8.83. The molecule has 0 unspecified atom stereocenters. The molecule has 0 aliphatic heterocycles. The van der Waals surface area contributed by atoms with E-state index >= 15 is 0 Å². The van der Waals surface area contributed by atoms with E-state index in [-0.39, 0.29) is 0 Å². The van der Waals surface area contributed by atoms with Crippen LogP contribution in [0.1, 0.15) is 5.82 Å². The molecule has 0 amide bonds. The van der Waals surface area contributed by atoms with Crippen LogP contribution >= 0.6 is 0 Å². The van der Waals surface area contributed by atoms with Crippen molar-refractivity contribution < 1.29 is 0 Å². The highest BCUT2D eigenvalue weighted by molar-refractivity contribution is 5.87. The molecule has 0 aliphatic rings. The first kappa shape index (κ1) is 9.03. The normalized spacial score (nSPS) is 10.8. The SMILES string of the molecule is Cc1nccn1-c1nncc2ccccc12. The fourth-order valence-corrected chi connectivity index (χ4v) is 1.79. The third-order valence-corrected chi connectivity index (χ3v) is 2.60. The molecular formula is C12H10N4. The molecule has 78 valence electrons. The van der Waals surface area contributed by atoms with E-state index in [0.717, 1.165) is 22.4 Å². The first-order valence-corrected chi connectivity index (χ1v) is 5.07. The molecule has 0 N–H and O–H groups in total. The van der Waals surface area contributed by atoms with E-state index in [1.54, 1.807) is 12.4 Å². The van der Waals surface area contributed by atoms with Gasteiger partial charge in [-0.2, -0.15) is 5.10 Å². The summed E-state index contributed by atoms with van der Waals surface area (Å²) >= 11 is 0. The van der Waals surface area contributed by atoms with Crippen molar-refractivity contribution >= 4 is 10.8 Å². The topological polar surface area (TPSA) is 43.6 Å². The first-order chi connectivity index (χ1) is 7.86. The lowest BCUT2D eigenvalue weighted by Gasteiger charge is -2.06. The van der Waals surface area contributed by atoms with Crippen molar-refractivity contribution in [2.24, 2.45) is 0 Å². The van der Waals surface area contributed by atoms with Crippen LogP contribution in [0, 0.1) is 6.92 Å². The Balaban J connectivity index is 2.36. The summed E-state index contributed by atoms with van der Waals surface area (Å²) in [4.78, 5) is 4.19. The van der Waals surface area contributed by atoms with Gasteiger partial charge in [-0.1, -0.05) is 24.3 Å². The third-order valence-electron chi connectivity index (χ3n) is 2.60. The number of imidazole rings is 1. The minimum absolute atomic E-state index is 0.827. The Hall–Kier alpha value is -2.23. The van der Waals surface area contributed by atoms with E-state index in [2.05, 4.69) is 15.2 Å². The van der Waals surface area contributed by atoms with Crippen molar-refractivity contribution in [3.05, 3.63) is 48.7 Å². The Labute approximate surface area is 92.6 Å². The Morgan fingerprint density at radius 1 is 1.19 bits per heavy atom. The predicted molar refractivity (Wildman–Crippen MR) is 61.4 cm³/mol. The molecule has 0 bridgehead atoms. The van der Waals surface area contributed by atoms with Crippen LogP contribution in [-0.2, 0) is 0 Å². The molecular weight excluding hydrogens is 200 g/mol. The molecule has 0 spiro atoms. The molecule has 2 heterocycles. The van der Waals surface area contributed by atoms with E-state index in [9.17, 15) is 0 Å². The number of fused-ring (bicyclic) bond motifs is 1. The van der Waals surface area contributed by atoms with Crippen molar-refractivity contribution in [2.45, 2.75) is 6.92 Å². The average Bonchev–Trinajstić information content (AvgIpc) is 2.75. The smallest absolute Gasteiger partial charge is 0.168 e. The van der Waals surface area contributed by atoms with Gasteiger partial charge in [0.05, 0.1) is 6.20 Å². The van der Waals surface area contributed by atoms with Gasteiger partial charge in [0.15, 0.2) is 5.82 Å². The summed E-state index contributed by atoms with van der Waals surface area (Å²) < 4.78 is 1.94. The second kappa shape index (κ2) is 3.41. The summed E-state index contributed by atoms with van der Waals surface area (Å²) in [5, 5.41) is 10.4. The third kappa shape index (κ3) is 1.27. The highest BCUT2D eigenvalue weighted by atomic mass is 15.2. The average molecular weight is 210 g/mol. The number of nitrogens with zero attached hydrogens (tertiary/aromatic N) is 4. The van der Waals surface area contributed by atoms with Crippen LogP contribution in [0.25, 0.3) is 16.6 Å². The van der Waals surface area contributed by atoms with Crippen molar-refractivity contribution in [1.82, 2.24) is 19.7 Å². The van der Waals surface area contributed by atoms with Gasteiger partial charge in [0.25, 0.3) is 0 Å². The number of aryl methyl sites for hydroxylation is 1. The lowest BCUT2D eigenvalue weighted by Crippen LogP contribution is -2.01. The van der Waals surface area contributed by atoms with Crippen LogP contribution < -0.4 is 0 Å². The van der Waals surface area contributed by atoms with E-state index in [0.29, 0.717) is 0 Å². The zero-order chi connectivity index (χ0) is 11.0. The number of rotatable bonds is 1. The van der Waals surface area contributed by atoms with Crippen LogP contribution in [0.3, 0.4) is 0 Å². The van der Waals surface area contributed by atoms with Gasteiger partial charge in [-0.15, -0.1) is 5.10 Å². The molecule has 3 aromatic rings. The zero-order valence-corrected chi connectivity index (χ0v) is 8.83. The summed E-state index contributed by atoms with van der Waals surface area (Å²) in [6.07, 6.45) is 5.43. The maximum Gasteiger partial charge on any atom is 0.168 e. The fraction of sp³-hybridized carbons (Fsp3) is 0.0833. The van der Waals surface area contributed by atoms with E-state index in [4.69, 9.17) is 0 Å². The molecule has 1 aromatic carbocycles. The summed E-state index contributed by atoms with van der Waals surface area (Å²) in [5.74, 6) is 1.73. The van der Waals surface area contributed by atoms with Crippen LogP contribution in [0.4, 0.5) is 0 Å². The maximum atomic E-state index is 4.19. The minimum atomic E-state index is 0.827. The predicted octanol–water partition coefficient (Wildman–Crippen LogP) is 2.12. The summed E-state index contributed by atoms with van der Waals surface area (Å²) in [5.41, 5.74) is 0. The summed E-state index contributed by atoms with van der Waals surface area (Å²) in [6, 6.07) is 8.06. The fourth-order valence-electron chi connectivity index (χ4n) is 1.79. The quantitative estimate of drug-likeness (QED) is 0.618. The van der Waals surface area contributed by atoms with Gasteiger partial charge in [0.1, 0.15) is 5.82 Å². The van der Waals surface area contributed by atoms with Gasteiger partial charge in [0.2, 0.25) is 0 Å². The lowest BCUT2D eigenvalue weighted by molar-refractivity contribution is 0.894. The Bertz CT molecular complexity index is 637. The highest BCUT2D eigenvalue weighted by Gasteiger charge is 2.06. The maximum absolute atomic E-state index is 4.19. The minimum Gasteiger partial charge on any atom is -0.286 e. The van der Waals surface area contributed by atoms with Crippen molar-refractivity contribution in [3.8, 4) is 5.82 Å². The molecule has 0 radical (unpaired) electrons. The van der Waals surface area contributed by atoms with Crippen LogP contribution in [-0.4, -0.2) is 19.7 Å². The van der Waals surface area contributed by atoms with Gasteiger partial charge in [-0.05, 0) is 6.92 Å². The van der Waals surface area contributed by atoms with Gasteiger partial charge in [0, 0.05) is 23.2 Å². The first-order valence-electron chi connectivity index (χ1n) is 5.07. The van der Waals surface area contributed by atoms with Crippen molar-refractivity contribution in [1.29, 1.82) is 0 Å². The van der Waals surface area contributed by atoms with Crippen molar-refractivity contribution in [2.75, 3.05) is 0 Å². The Kier molecular flexibility index (Phi) is 1.93. The molecule has 2 aromatic heterocycles. The Morgan fingerprint density at radius 3 is 2.88 bits per heavy atom. The molecule has 0 fully saturated rings. The van der Waals surface area contributed by atoms with Gasteiger partial charge >= 0.3 is 0 Å². The molecule has 4 nitrogen and oxygen atoms in total. The van der Waals surface area contributed by atoms with Crippen LogP contribution in [0.5, 0.6) is 0 Å². The number of hydrogen-bond acceptors (Lipinski definition) is 3. The second-order valence-corrected chi connectivity index (χ2v) is 3.60. The lowest BCUT2D eigenvalue weighted by atomic mass is 10.2. The molecule has 0 saturated heterocycles. The number of aromatic nitrogens is 4. The van der Waals surface area contributed by atoms with Gasteiger partial charge < -0.3 is 0 Å². The molecule has 4 heteroatoms. The van der Waals surface area contributed by atoms with E-state index in [1.165, 1.54) is 0 Å². The van der Waals surface area contributed by atoms with Gasteiger partial charge in [-0.25, -0.2) is 4.98 Å². The second-order valence-electron chi connectivity index (χ2n) is 3.60. The molecule has 0 atom stereocenters. The van der Waals surface area contributed by atoms with E-state index in [1.807, 2.05) is 42.0 Å². The largest absolute Gasteiger partial charge is 0.286 e. The molecule has 3 rings (SSSR count). The van der Waals surface area contributed by atoms with Gasteiger partial charge in [-0.3, -0.25) is 4.57 Å².